The van der Waals surface area contributed by atoms with Crippen molar-refractivity contribution in [3.05, 3.63) is 23.0 Å². The Labute approximate surface area is 105 Å². The highest BCUT2D eigenvalue weighted by Crippen LogP contribution is 2.39. The number of nitrogens with zero attached hydrogens (tertiary/aromatic N) is 1. The van der Waals surface area contributed by atoms with Gasteiger partial charge in [0.2, 0.25) is 0 Å². The topological polar surface area (TPSA) is 17.0 Å². The van der Waals surface area contributed by atoms with Crippen molar-refractivity contribution in [1.29, 1.82) is 0 Å². The van der Waals surface area contributed by atoms with Crippen LogP contribution in [-0.4, -0.2) is 10.1 Å². The van der Waals surface area contributed by atoms with Crippen molar-refractivity contribution in [2.45, 2.75) is 66.1 Å². The van der Waals surface area contributed by atoms with Gasteiger partial charge in [-0.15, -0.1) is 0 Å². The van der Waals surface area contributed by atoms with Crippen LogP contribution in [0.4, 0.5) is 0 Å². The molecule has 96 valence electrons. The Bertz CT molecular complexity index is 397. The Hall–Kier alpha value is -0.760. The van der Waals surface area contributed by atoms with Crippen LogP contribution in [0.15, 0.2) is 6.07 Å². The number of rotatable bonds is 5. The van der Waals surface area contributed by atoms with Gasteiger partial charge in [0.15, 0.2) is 0 Å². The summed E-state index contributed by atoms with van der Waals surface area (Å²) in [5.41, 5.74) is 4.56. The van der Waals surface area contributed by atoms with Crippen molar-refractivity contribution in [3.63, 3.8) is 0 Å². The molecule has 2 nitrogen and oxygen atoms in total. The van der Waals surface area contributed by atoms with Crippen LogP contribution in [0.25, 0.3) is 0 Å². The van der Waals surface area contributed by atoms with E-state index >= 15 is 0 Å². The lowest BCUT2D eigenvalue weighted by Gasteiger charge is -2.26. The lowest BCUT2D eigenvalue weighted by atomic mass is 9.98. The van der Waals surface area contributed by atoms with Gasteiger partial charge in [-0.3, -0.25) is 0 Å². The molecule has 1 aliphatic rings. The molecule has 2 rings (SSSR count). The third-order valence-corrected chi connectivity index (χ3v) is 4.33. The average Bonchev–Trinajstić information content (AvgIpc) is 3.05. The summed E-state index contributed by atoms with van der Waals surface area (Å²) in [4.78, 5) is 0. The fourth-order valence-corrected chi connectivity index (χ4v) is 2.81. The van der Waals surface area contributed by atoms with E-state index in [4.69, 9.17) is 0 Å². The molecule has 1 heterocycles. The molecular formula is C15H26N2. The molecule has 1 aromatic heterocycles. The monoisotopic (exact) mass is 234 g/mol. The second-order valence-corrected chi connectivity index (χ2v) is 5.99. The Balaban J connectivity index is 2.04. The van der Waals surface area contributed by atoms with E-state index in [-0.39, 0.29) is 0 Å². The van der Waals surface area contributed by atoms with Gasteiger partial charge in [0.05, 0.1) is 0 Å². The molecule has 0 saturated heterocycles. The first kappa shape index (κ1) is 12.7. The van der Waals surface area contributed by atoms with Crippen molar-refractivity contribution in [2.75, 3.05) is 0 Å². The number of hydrogen-bond acceptors (Lipinski definition) is 1. The summed E-state index contributed by atoms with van der Waals surface area (Å²) in [6.07, 6.45) is 2.79. The van der Waals surface area contributed by atoms with Crippen molar-refractivity contribution in [1.82, 2.24) is 9.88 Å². The maximum atomic E-state index is 3.73. The van der Waals surface area contributed by atoms with Crippen molar-refractivity contribution in [2.24, 2.45) is 5.92 Å². The van der Waals surface area contributed by atoms with Crippen LogP contribution in [0, 0.1) is 19.8 Å². The van der Waals surface area contributed by atoms with Gasteiger partial charge in [-0.1, -0.05) is 0 Å². The van der Waals surface area contributed by atoms with E-state index in [9.17, 15) is 0 Å². The Morgan fingerprint density at radius 3 is 2.47 bits per heavy atom. The fraction of sp³-hybridized carbons (Fsp3) is 0.733. The molecule has 1 aliphatic carbocycles. The van der Waals surface area contributed by atoms with E-state index in [0.29, 0.717) is 5.54 Å². The zero-order valence-electron chi connectivity index (χ0n) is 11.9. The van der Waals surface area contributed by atoms with E-state index in [1.165, 1.54) is 29.8 Å². The van der Waals surface area contributed by atoms with Gasteiger partial charge in [-0.25, -0.2) is 0 Å². The minimum Gasteiger partial charge on any atom is -0.349 e. The first-order valence-electron chi connectivity index (χ1n) is 6.86. The molecule has 2 heteroatoms. The number of aromatic nitrogens is 1. The van der Waals surface area contributed by atoms with Crippen LogP contribution in [0.1, 0.15) is 50.6 Å². The highest BCUT2D eigenvalue weighted by molar-refractivity contribution is 5.26. The van der Waals surface area contributed by atoms with E-state index in [1.54, 1.807) is 0 Å². The largest absolute Gasteiger partial charge is 0.349 e. The molecule has 1 aromatic rings. The van der Waals surface area contributed by atoms with E-state index in [1.807, 2.05) is 0 Å². The van der Waals surface area contributed by atoms with Gasteiger partial charge < -0.3 is 9.88 Å². The molecule has 1 fully saturated rings. The lowest BCUT2D eigenvalue weighted by Crippen LogP contribution is -2.40. The predicted octanol–water partition coefficient (Wildman–Crippen LogP) is 3.40. The van der Waals surface area contributed by atoms with Crippen molar-refractivity contribution < 1.29 is 0 Å². The van der Waals surface area contributed by atoms with E-state index in [0.717, 1.165) is 19.0 Å². The molecule has 0 aromatic carbocycles. The molecule has 0 spiro atoms. The van der Waals surface area contributed by atoms with Crippen LogP contribution in [-0.2, 0) is 13.1 Å². The molecular weight excluding hydrogens is 208 g/mol. The maximum absolute atomic E-state index is 3.73. The van der Waals surface area contributed by atoms with Gasteiger partial charge in [0, 0.05) is 30.0 Å². The number of hydrogen-bond donors (Lipinski definition) is 1. The van der Waals surface area contributed by atoms with Crippen LogP contribution in [0.3, 0.4) is 0 Å². The molecule has 0 aliphatic heterocycles. The highest BCUT2D eigenvalue weighted by Gasteiger charge is 2.37. The zero-order valence-corrected chi connectivity index (χ0v) is 11.9. The van der Waals surface area contributed by atoms with Crippen molar-refractivity contribution >= 4 is 0 Å². The van der Waals surface area contributed by atoms with Crippen molar-refractivity contribution in [3.8, 4) is 0 Å². The summed E-state index contributed by atoms with van der Waals surface area (Å²) < 4.78 is 2.39. The standard InChI is InChI=1S/C15H26N2/c1-6-17-11(2)9-13(12(17)3)10-16-15(4,5)14-7-8-14/h9,14,16H,6-8,10H2,1-5H3. The lowest BCUT2D eigenvalue weighted by molar-refractivity contribution is 0.339. The second kappa shape index (κ2) is 4.49. The summed E-state index contributed by atoms with van der Waals surface area (Å²) in [5, 5.41) is 3.73. The van der Waals surface area contributed by atoms with Crippen LogP contribution < -0.4 is 5.32 Å². The Kier molecular flexibility index (Phi) is 3.35. The predicted molar refractivity (Wildman–Crippen MR) is 73.2 cm³/mol. The van der Waals surface area contributed by atoms with Gasteiger partial charge in [0.25, 0.3) is 0 Å². The molecule has 1 N–H and O–H groups in total. The summed E-state index contributed by atoms with van der Waals surface area (Å²) in [7, 11) is 0. The summed E-state index contributed by atoms with van der Waals surface area (Å²) in [6, 6.07) is 2.33. The summed E-state index contributed by atoms with van der Waals surface area (Å²) in [5.74, 6) is 0.886. The number of aryl methyl sites for hydroxylation is 1. The second-order valence-electron chi connectivity index (χ2n) is 5.99. The van der Waals surface area contributed by atoms with Gasteiger partial charge in [0.1, 0.15) is 0 Å². The zero-order chi connectivity index (χ0) is 12.6. The molecule has 0 unspecified atom stereocenters. The van der Waals surface area contributed by atoms with Crippen LogP contribution in [0.2, 0.25) is 0 Å². The Morgan fingerprint density at radius 1 is 1.35 bits per heavy atom. The van der Waals surface area contributed by atoms with Gasteiger partial charge in [-0.05, 0) is 65.0 Å². The van der Waals surface area contributed by atoms with Crippen LogP contribution in [0.5, 0.6) is 0 Å². The van der Waals surface area contributed by atoms with Gasteiger partial charge in [-0.2, -0.15) is 0 Å². The minimum atomic E-state index is 0.300. The number of nitrogens with one attached hydrogen (secondary N) is 1. The smallest absolute Gasteiger partial charge is 0.0228 e. The molecule has 1 saturated carbocycles. The quantitative estimate of drug-likeness (QED) is 0.826. The maximum Gasteiger partial charge on any atom is 0.0228 e. The molecule has 0 radical (unpaired) electrons. The first-order chi connectivity index (χ1) is 7.95. The summed E-state index contributed by atoms with van der Waals surface area (Å²) in [6.45, 7) is 13.4. The third kappa shape index (κ3) is 2.57. The molecule has 0 atom stereocenters. The van der Waals surface area contributed by atoms with E-state index < -0.39 is 0 Å². The summed E-state index contributed by atoms with van der Waals surface area (Å²) >= 11 is 0. The average molecular weight is 234 g/mol. The highest BCUT2D eigenvalue weighted by atomic mass is 15.0. The SMILES string of the molecule is CCn1c(C)cc(CNC(C)(C)C2CC2)c1C. The van der Waals surface area contributed by atoms with E-state index in [2.05, 4.69) is 50.6 Å². The van der Waals surface area contributed by atoms with Gasteiger partial charge >= 0.3 is 0 Å². The molecule has 0 bridgehead atoms. The first-order valence-corrected chi connectivity index (χ1v) is 6.86. The molecule has 17 heavy (non-hydrogen) atoms. The third-order valence-electron chi connectivity index (χ3n) is 4.33. The minimum absolute atomic E-state index is 0.300. The fourth-order valence-electron chi connectivity index (χ4n) is 2.81. The normalized spacial score (nSPS) is 16.5. The Morgan fingerprint density at radius 2 is 2.00 bits per heavy atom. The molecule has 0 amide bonds. The van der Waals surface area contributed by atoms with Crippen LogP contribution >= 0.6 is 0 Å².